The molecular weight excluding hydrogens is 328 g/mol. The van der Waals surface area contributed by atoms with Gasteiger partial charge < -0.3 is 19.9 Å². The molecule has 6 nitrogen and oxygen atoms in total. The largest absolute Gasteiger partial charge is 0.473 e. The molecule has 0 radical (unpaired) electrons. The fourth-order valence-electron chi connectivity index (χ4n) is 2.95. The average Bonchev–Trinajstić information content (AvgIpc) is 2.95. The summed E-state index contributed by atoms with van der Waals surface area (Å²) in [6, 6.07) is 0.590. The zero-order valence-electron chi connectivity index (χ0n) is 14.7. The Morgan fingerprint density at radius 2 is 2.08 bits per heavy atom. The summed E-state index contributed by atoms with van der Waals surface area (Å²) < 4.78 is 11.1. The number of aliphatic hydroxyl groups excluding tert-OH is 1. The number of hydrogen-bond acceptors (Lipinski definition) is 7. The second-order valence-electron chi connectivity index (χ2n) is 6.13. The van der Waals surface area contributed by atoms with Crippen molar-refractivity contribution >= 4 is 17.3 Å². The maximum absolute atomic E-state index is 12.0. The van der Waals surface area contributed by atoms with Crippen LogP contribution in [0.4, 0.5) is 0 Å². The van der Waals surface area contributed by atoms with Crippen LogP contribution in [0.2, 0.25) is 0 Å². The smallest absolute Gasteiger partial charge is 0.353 e. The number of nitrogens with zero attached hydrogens (tertiary/aromatic N) is 1. The van der Waals surface area contributed by atoms with Crippen LogP contribution >= 0.6 is 11.3 Å². The highest BCUT2D eigenvalue weighted by molar-refractivity contribution is 7.13. The molecule has 0 unspecified atom stereocenters. The first-order valence-corrected chi connectivity index (χ1v) is 9.57. The molecule has 0 spiro atoms. The Hall–Kier alpha value is -1.18. The van der Waals surface area contributed by atoms with E-state index in [4.69, 9.17) is 9.47 Å². The molecule has 1 aliphatic carbocycles. The van der Waals surface area contributed by atoms with Gasteiger partial charge in [-0.3, -0.25) is 0 Å². The number of rotatable bonds is 8. The van der Waals surface area contributed by atoms with E-state index in [1.165, 1.54) is 11.3 Å². The summed E-state index contributed by atoms with van der Waals surface area (Å²) in [5.41, 5.74) is 0. The predicted molar refractivity (Wildman–Crippen MR) is 93.8 cm³/mol. The minimum Gasteiger partial charge on any atom is -0.473 e. The fraction of sp³-hybridized carbons (Fsp3) is 0.765. The topological polar surface area (TPSA) is 80.7 Å². The molecule has 1 heterocycles. The molecule has 1 aromatic rings. The summed E-state index contributed by atoms with van der Waals surface area (Å²) in [6.45, 7) is 6.24. The van der Waals surface area contributed by atoms with Gasteiger partial charge in [0.15, 0.2) is 4.88 Å². The minimum atomic E-state index is -0.359. The average molecular weight is 356 g/mol. The van der Waals surface area contributed by atoms with Crippen molar-refractivity contribution < 1.29 is 19.4 Å². The fourth-order valence-corrected chi connectivity index (χ4v) is 3.70. The lowest BCUT2D eigenvalue weighted by molar-refractivity contribution is 0.0520. The molecule has 2 rings (SSSR count). The number of nitrogens with one attached hydrogen (secondary N) is 1. The van der Waals surface area contributed by atoms with Gasteiger partial charge in [0.25, 0.3) is 0 Å². The Labute approximate surface area is 147 Å². The van der Waals surface area contributed by atoms with Crippen molar-refractivity contribution in [3.8, 4) is 5.88 Å². The third-order valence-corrected chi connectivity index (χ3v) is 5.23. The van der Waals surface area contributed by atoms with Gasteiger partial charge in [0.2, 0.25) is 5.88 Å². The molecule has 136 valence electrons. The van der Waals surface area contributed by atoms with Gasteiger partial charge in [-0.25, -0.2) is 9.78 Å². The lowest BCUT2D eigenvalue weighted by Crippen LogP contribution is -2.43. The summed E-state index contributed by atoms with van der Waals surface area (Å²) in [5.74, 6) is 0.0522. The maximum Gasteiger partial charge on any atom is 0.353 e. The second kappa shape index (κ2) is 9.34. The van der Waals surface area contributed by atoms with Crippen LogP contribution in [0.1, 0.15) is 60.6 Å². The van der Waals surface area contributed by atoms with E-state index in [1.807, 2.05) is 6.92 Å². The normalized spacial score (nSPS) is 22.2. The van der Waals surface area contributed by atoms with Crippen LogP contribution in [0.15, 0.2) is 0 Å². The number of ether oxygens (including phenoxy) is 2. The zero-order chi connectivity index (χ0) is 17.5. The first kappa shape index (κ1) is 19.1. The van der Waals surface area contributed by atoms with E-state index in [9.17, 15) is 9.90 Å². The summed E-state index contributed by atoms with van der Waals surface area (Å²) in [6.07, 6.45) is 4.83. The predicted octanol–water partition coefficient (Wildman–Crippen LogP) is 2.68. The van der Waals surface area contributed by atoms with Crippen molar-refractivity contribution in [3.05, 3.63) is 9.88 Å². The molecule has 0 saturated heterocycles. The highest BCUT2D eigenvalue weighted by Gasteiger charge is 2.27. The number of aryl methyl sites for hydroxylation is 1. The molecule has 1 aromatic heterocycles. The minimum absolute atomic E-state index is 0.0759. The molecule has 0 aliphatic heterocycles. The summed E-state index contributed by atoms with van der Waals surface area (Å²) >= 11 is 1.32. The molecule has 2 N–H and O–H groups in total. The zero-order valence-corrected chi connectivity index (χ0v) is 15.5. The number of aliphatic hydroxyl groups is 1. The monoisotopic (exact) mass is 356 g/mol. The standard InChI is InChI=1S/C17H28N2O4S/c1-4-12(10-20)19-13-6-8-14(9-7-13)23-16-15(17(21)22-5-2)24-11(3)18-16/h12-14,19-20H,4-10H2,1-3H3/t12-,13?,14?/m1/s1. The molecule has 24 heavy (non-hydrogen) atoms. The molecule has 1 saturated carbocycles. The highest BCUT2D eigenvalue weighted by atomic mass is 32.1. The number of hydrogen-bond donors (Lipinski definition) is 2. The van der Waals surface area contributed by atoms with Crippen LogP contribution in [0.5, 0.6) is 5.88 Å². The van der Waals surface area contributed by atoms with Gasteiger partial charge in [-0.2, -0.15) is 0 Å². The SMILES string of the molecule is CCOC(=O)c1sc(C)nc1OC1CCC(N[C@H](CC)CO)CC1. The molecule has 0 aromatic carbocycles. The van der Waals surface area contributed by atoms with Crippen LogP contribution in [0.3, 0.4) is 0 Å². The number of carbonyl (C=O) groups is 1. The van der Waals surface area contributed by atoms with Crippen molar-refractivity contribution in [2.24, 2.45) is 0 Å². The van der Waals surface area contributed by atoms with Gasteiger partial charge in [0, 0.05) is 12.1 Å². The van der Waals surface area contributed by atoms with E-state index in [0.717, 1.165) is 37.1 Å². The van der Waals surface area contributed by atoms with E-state index in [2.05, 4.69) is 17.2 Å². The maximum atomic E-state index is 12.0. The Balaban J connectivity index is 1.89. The van der Waals surface area contributed by atoms with Crippen LogP contribution in [-0.2, 0) is 4.74 Å². The van der Waals surface area contributed by atoms with Crippen molar-refractivity contribution in [1.29, 1.82) is 0 Å². The quantitative estimate of drug-likeness (QED) is 0.697. The van der Waals surface area contributed by atoms with Gasteiger partial charge in [-0.05, 0) is 46.0 Å². The van der Waals surface area contributed by atoms with Gasteiger partial charge in [0.1, 0.15) is 6.10 Å². The Morgan fingerprint density at radius 3 is 2.67 bits per heavy atom. The van der Waals surface area contributed by atoms with E-state index >= 15 is 0 Å². The summed E-state index contributed by atoms with van der Waals surface area (Å²) in [5, 5.41) is 13.6. The second-order valence-corrected chi connectivity index (χ2v) is 7.34. The van der Waals surface area contributed by atoms with Gasteiger partial charge >= 0.3 is 5.97 Å². The van der Waals surface area contributed by atoms with Crippen molar-refractivity contribution in [2.45, 2.75) is 71.1 Å². The van der Waals surface area contributed by atoms with Gasteiger partial charge in [-0.15, -0.1) is 11.3 Å². The molecule has 7 heteroatoms. The van der Waals surface area contributed by atoms with Crippen molar-refractivity contribution in [2.75, 3.05) is 13.2 Å². The third-order valence-electron chi connectivity index (χ3n) is 4.30. The first-order valence-electron chi connectivity index (χ1n) is 8.75. The summed E-state index contributed by atoms with van der Waals surface area (Å²) in [7, 11) is 0. The lowest BCUT2D eigenvalue weighted by Gasteiger charge is -2.31. The first-order chi connectivity index (χ1) is 11.6. The molecular formula is C17H28N2O4S. The van der Waals surface area contributed by atoms with Crippen LogP contribution in [0.25, 0.3) is 0 Å². The van der Waals surface area contributed by atoms with E-state index in [1.54, 1.807) is 6.92 Å². The van der Waals surface area contributed by atoms with Crippen LogP contribution < -0.4 is 10.1 Å². The van der Waals surface area contributed by atoms with E-state index in [-0.39, 0.29) is 24.7 Å². The van der Waals surface area contributed by atoms with E-state index < -0.39 is 0 Å². The molecule has 1 atom stereocenters. The van der Waals surface area contributed by atoms with E-state index in [0.29, 0.717) is 23.4 Å². The van der Waals surface area contributed by atoms with Crippen LogP contribution in [-0.4, -0.2) is 47.5 Å². The molecule has 0 amide bonds. The molecule has 1 aliphatic rings. The van der Waals surface area contributed by atoms with Gasteiger partial charge in [-0.1, -0.05) is 6.92 Å². The number of aromatic nitrogens is 1. The lowest BCUT2D eigenvalue weighted by atomic mass is 9.92. The van der Waals surface area contributed by atoms with Crippen LogP contribution in [0, 0.1) is 6.92 Å². The number of thiazole rings is 1. The third kappa shape index (κ3) is 5.16. The molecule has 0 bridgehead atoms. The summed E-state index contributed by atoms with van der Waals surface area (Å²) in [4.78, 5) is 16.8. The Morgan fingerprint density at radius 1 is 1.38 bits per heavy atom. The Bertz CT molecular complexity index is 523. The number of esters is 1. The highest BCUT2D eigenvalue weighted by Crippen LogP contribution is 2.30. The van der Waals surface area contributed by atoms with Gasteiger partial charge in [0.05, 0.1) is 18.2 Å². The Kier molecular flexibility index (Phi) is 7.45. The van der Waals surface area contributed by atoms with Crippen molar-refractivity contribution in [1.82, 2.24) is 10.3 Å². The number of carbonyl (C=O) groups excluding carboxylic acids is 1. The molecule has 1 fully saturated rings. The van der Waals surface area contributed by atoms with Crippen molar-refractivity contribution in [3.63, 3.8) is 0 Å².